The first kappa shape index (κ1) is 15.0. The fourth-order valence-corrected chi connectivity index (χ4v) is 4.07. The van der Waals surface area contributed by atoms with E-state index in [0.717, 1.165) is 18.4 Å². The van der Waals surface area contributed by atoms with Crippen molar-refractivity contribution in [2.75, 3.05) is 0 Å². The monoisotopic (exact) mass is 292 g/mol. The number of nitrogens with zero attached hydrogens (tertiary/aromatic N) is 1. The Labute approximate surface area is 120 Å². The molecule has 0 spiro atoms. The summed E-state index contributed by atoms with van der Waals surface area (Å²) in [4.78, 5) is 0.228. The van der Waals surface area contributed by atoms with Crippen molar-refractivity contribution < 1.29 is 8.42 Å². The quantitative estimate of drug-likeness (QED) is 0.931. The van der Waals surface area contributed by atoms with Gasteiger partial charge in [0.15, 0.2) is 0 Å². The molecule has 20 heavy (non-hydrogen) atoms. The minimum absolute atomic E-state index is 0.228. The third kappa shape index (κ3) is 3.20. The van der Waals surface area contributed by atoms with Crippen molar-refractivity contribution in [3.63, 3.8) is 0 Å². The second-order valence-electron chi connectivity index (χ2n) is 5.80. The maximum atomic E-state index is 12.4. The van der Waals surface area contributed by atoms with Gasteiger partial charge in [-0.25, -0.2) is 8.42 Å². The van der Waals surface area contributed by atoms with Crippen LogP contribution in [0, 0.1) is 24.2 Å². The van der Waals surface area contributed by atoms with E-state index in [0.29, 0.717) is 18.8 Å². The van der Waals surface area contributed by atoms with E-state index >= 15 is 0 Å². The fraction of sp³-hybridized carbons (Fsp3) is 0.533. The molecule has 0 aromatic heterocycles. The van der Waals surface area contributed by atoms with Crippen molar-refractivity contribution in [3.05, 3.63) is 29.8 Å². The number of benzene rings is 1. The zero-order valence-electron chi connectivity index (χ0n) is 11.9. The van der Waals surface area contributed by atoms with Gasteiger partial charge in [0.25, 0.3) is 0 Å². The molecule has 0 amide bonds. The van der Waals surface area contributed by atoms with E-state index in [1.54, 1.807) is 18.2 Å². The van der Waals surface area contributed by atoms with Gasteiger partial charge in [-0.2, -0.15) is 9.98 Å². The number of rotatable bonds is 3. The predicted molar refractivity (Wildman–Crippen MR) is 77.5 cm³/mol. The number of nitrogens with one attached hydrogen (secondary N) is 1. The van der Waals surface area contributed by atoms with E-state index in [4.69, 9.17) is 0 Å². The Bertz CT molecular complexity index is 624. The van der Waals surface area contributed by atoms with Gasteiger partial charge in [-0.3, -0.25) is 0 Å². The Hall–Kier alpha value is -1.38. The lowest BCUT2D eigenvalue weighted by atomic mass is 9.79. The highest BCUT2D eigenvalue weighted by Crippen LogP contribution is 2.32. The van der Waals surface area contributed by atoms with Crippen molar-refractivity contribution in [2.45, 2.75) is 50.0 Å². The molecule has 1 aliphatic carbocycles. The molecule has 5 heteroatoms. The molecule has 1 aromatic rings. The maximum Gasteiger partial charge on any atom is 0.241 e. The maximum absolute atomic E-state index is 12.4. The van der Waals surface area contributed by atoms with Crippen LogP contribution < -0.4 is 4.72 Å². The minimum Gasteiger partial charge on any atom is -0.207 e. The molecule has 2 rings (SSSR count). The van der Waals surface area contributed by atoms with Crippen LogP contribution in [0.3, 0.4) is 0 Å². The van der Waals surface area contributed by atoms with Crippen LogP contribution in [0.1, 0.15) is 38.2 Å². The second kappa shape index (κ2) is 5.55. The highest BCUT2D eigenvalue weighted by molar-refractivity contribution is 7.89. The smallest absolute Gasteiger partial charge is 0.207 e. The fourth-order valence-electron chi connectivity index (χ4n) is 2.59. The van der Waals surface area contributed by atoms with E-state index in [-0.39, 0.29) is 4.90 Å². The highest BCUT2D eigenvalue weighted by Gasteiger charge is 2.38. The molecule has 108 valence electrons. The number of aryl methyl sites for hydroxylation is 1. The molecule has 0 bridgehead atoms. The van der Waals surface area contributed by atoms with Gasteiger partial charge < -0.3 is 0 Å². The lowest BCUT2D eigenvalue weighted by molar-refractivity contribution is 0.278. The van der Waals surface area contributed by atoms with Crippen LogP contribution in [0.4, 0.5) is 0 Å². The second-order valence-corrected chi connectivity index (χ2v) is 7.48. The zero-order valence-corrected chi connectivity index (χ0v) is 12.7. The van der Waals surface area contributed by atoms with Gasteiger partial charge in [-0.05, 0) is 56.2 Å². The van der Waals surface area contributed by atoms with Crippen LogP contribution >= 0.6 is 0 Å². The van der Waals surface area contributed by atoms with Gasteiger partial charge >= 0.3 is 0 Å². The molecule has 1 saturated carbocycles. The lowest BCUT2D eigenvalue weighted by Gasteiger charge is -2.34. The van der Waals surface area contributed by atoms with E-state index in [2.05, 4.69) is 17.7 Å². The first-order chi connectivity index (χ1) is 9.37. The molecular weight excluding hydrogens is 272 g/mol. The van der Waals surface area contributed by atoms with Crippen molar-refractivity contribution >= 4 is 10.0 Å². The zero-order chi connectivity index (χ0) is 14.8. The molecule has 1 aliphatic rings. The molecule has 0 saturated heterocycles. The van der Waals surface area contributed by atoms with Crippen molar-refractivity contribution in [3.8, 4) is 6.07 Å². The van der Waals surface area contributed by atoms with E-state index in [1.807, 2.05) is 13.0 Å². The molecule has 0 heterocycles. The number of sulfonamides is 1. The highest BCUT2D eigenvalue weighted by atomic mass is 32.2. The Morgan fingerprint density at radius 3 is 2.55 bits per heavy atom. The van der Waals surface area contributed by atoms with Crippen LogP contribution in [0.5, 0.6) is 0 Å². The summed E-state index contributed by atoms with van der Waals surface area (Å²) in [6.45, 7) is 3.98. The predicted octanol–water partition coefficient (Wildman–Crippen LogP) is 2.75. The molecular formula is C15H20N2O2S. The topological polar surface area (TPSA) is 70.0 Å². The summed E-state index contributed by atoms with van der Waals surface area (Å²) in [5.74, 6) is 0.556. The van der Waals surface area contributed by atoms with Gasteiger partial charge in [0.05, 0.1) is 11.0 Å². The van der Waals surface area contributed by atoms with E-state index in [9.17, 15) is 13.7 Å². The summed E-state index contributed by atoms with van der Waals surface area (Å²) < 4.78 is 27.5. The third-order valence-electron chi connectivity index (χ3n) is 3.97. The molecule has 4 nitrogen and oxygen atoms in total. The SMILES string of the molecule is Cc1cccc(S(=O)(=O)NC2(C#N)CCC(C)CC2)c1. The number of hydrogen-bond acceptors (Lipinski definition) is 3. The van der Waals surface area contributed by atoms with E-state index < -0.39 is 15.6 Å². The molecule has 0 unspecified atom stereocenters. The van der Waals surface area contributed by atoms with Gasteiger partial charge in [0, 0.05) is 0 Å². The molecule has 1 N–H and O–H groups in total. The van der Waals surface area contributed by atoms with Crippen molar-refractivity contribution in [2.24, 2.45) is 5.92 Å². The number of nitriles is 1. The Morgan fingerprint density at radius 1 is 1.35 bits per heavy atom. The number of hydrogen-bond donors (Lipinski definition) is 1. The van der Waals surface area contributed by atoms with Crippen molar-refractivity contribution in [1.82, 2.24) is 4.72 Å². The summed E-state index contributed by atoms with van der Waals surface area (Å²) >= 11 is 0. The Morgan fingerprint density at radius 2 is 2.00 bits per heavy atom. The molecule has 0 radical (unpaired) electrons. The first-order valence-electron chi connectivity index (χ1n) is 6.89. The average molecular weight is 292 g/mol. The Kier molecular flexibility index (Phi) is 4.17. The molecule has 0 atom stereocenters. The summed E-state index contributed by atoms with van der Waals surface area (Å²) in [7, 11) is -3.64. The standard InChI is InChI=1S/C15H20N2O2S/c1-12-6-8-15(11-16,9-7-12)17-20(18,19)14-5-3-4-13(2)10-14/h3-5,10,12,17H,6-9H2,1-2H3. The minimum atomic E-state index is -3.64. The van der Waals surface area contributed by atoms with Gasteiger partial charge in [-0.15, -0.1) is 0 Å². The van der Waals surface area contributed by atoms with Crippen LogP contribution in [0.2, 0.25) is 0 Å². The summed E-state index contributed by atoms with van der Waals surface area (Å²) in [5, 5.41) is 9.42. The summed E-state index contributed by atoms with van der Waals surface area (Å²) in [5.41, 5.74) is -0.0640. The first-order valence-corrected chi connectivity index (χ1v) is 8.37. The molecule has 1 fully saturated rings. The lowest BCUT2D eigenvalue weighted by Crippen LogP contribution is -2.49. The largest absolute Gasteiger partial charge is 0.241 e. The van der Waals surface area contributed by atoms with Crippen LogP contribution in [-0.2, 0) is 10.0 Å². The van der Waals surface area contributed by atoms with Crippen LogP contribution in [0.15, 0.2) is 29.2 Å². The van der Waals surface area contributed by atoms with Gasteiger partial charge in [0.2, 0.25) is 10.0 Å². The normalized spacial score (nSPS) is 26.9. The molecule has 1 aromatic carbocycles. The van der Waals surface area contributed by atoms with Crippen LogP contribution in [-0.4, -0.2) is 14.0 Å². The summed E-state index contributed by atoms with van der Waals surface area (Å²) in [6, 6.07) is 8.94. The van der Waals surface area contributed by atoms with Gasteiger partial charge in [-0.1, -0.05) is 19.1 Å². The van der Waals surface area contributed by atoms with E-state index in [1.165, 1.54) is 0 Å². The average Bonchev–Trinajstić information content (AvgIpc) is 2.41. The molecule has 0 aliphatic heterocycles. The third-order valence-corrected chi connectivity index (χ3v) is 5.51. The summed E-state index contributed by atoms with van der Waals surface area (Å²) in [6.07, 6.45) is 2.92. The van der Waals surface area contributed by atoms with Crippen LogP contribution in [0.25, 0.3) is 0 Å². The van der Waals surface area contributed by atoms with Gasteiger partial charge in [0.1, 0.15) is 5.54 Å². The Balaban J connectivity index is 2.25. The van der Waals surface area contributed by atoms with Crippen molar-refractivity contribution in [1.29, 1.82) is 5.26 Å².